The number of amides is 2. The highest BCUT2D eigenvalue weighted by atomic mass is 16.6. The predicted molar refractivity (Wildman–Crippen MR) is 96.1 cm³/mol. The molecule has 5 heteroatoms. The first-order valence-electron chi connectivity index (χ1n) is 9.27. The fourth-order valence-electron chi connectivity index (χ4n) is 3.98. The molecular weight excluding hydrogens is 316 g/mol. The van der Waals surface area contributed by atoms with E-state index in [1.165, 1.54) is 11.1 Å². The number of carbonyl (C=O) groups is 2. The van der Waals surface area contributed by atoms with Crippen LogP contribution in [0.3, 0.4) is 0 Å². The number of nitrogens with zero attached hydrogens (tertiary/aromatic N) is 2. The third kappa shape index (κ3) is 3.51. The Balaban J connectivity index is 1.81. The Morgan fingerprint density at radius 3 is 2.44 bits per heavy atom. The fraction of sp³-hybridized carbons (Fsp3) is 0.600. The van der Waals surface area contributed by atoms with Gasteiger partial charge in [-0.2, -0.15) is 0 Å². The minimum atomic E-state index is -0.392. The maximum absolute atomic E-state index is 13.3. The zero-order valence-corrected chi connectivity index (χ0v) is 15.5. The molecule has 0 N–H and O–H groups in total. The first kappa shape index (κ1) is 17.8. The molecule has 1 fully saturated rings. The number of benzene rings is 1. The Labute approximate surface area is 149 Å². The van der Waals surface area contributed by atoms with E-state index in [0.717, 1.165) is 6.42 Å². The molecule has 2 heterocycles. The van der Waals surface area contributed by atoms with Gasteiger partial charge < -0.3 is 14.5 Å². The molecular formula is C20H28N2O3. The van der Waals surface area contributed by atoms with Crippen LogP contribution in [0, 0.1) is 5.41 Å². The molecule has 0 atom stereocenters. The van der Waals surface area contributed by atoms with Crippen molar-refractivity contribution < 1.29 is 14.3 Å². The zero-order chi connectivity index (χ0) is 18.0. The summed E-state index contributed by atoms with van der Waals surface area (Å²) in [5, 5.41) is 0. The summed E-state index contributed by atoms with van der Waals surface area (Å²) in [7, 11) is 0. The van der Waals surface area contributed by atoms with Crippen molar-refractivity contribution in [2.75, 3.05) is 19.6 Å². The highest BCUT2D eigenvalue weighted by Gasteiger charge is 2.46. The molecule has 0 aliphatic carbocycles. The molecule has 1 aromatic rings. The van der Waals surface area contributed by atoms with E-state index in [1.807, 2.05) is 37.8 Å². The molecule has 1 spiro atoms. The molecule has 2 aliphatic rings. The maximum atomic E-state index is 13.3. The smallest absolute Gasteiger partial charge is 0.410 e. The molecule has 3 rings (SSSR count). The van der Waals surface area contributed by atoms with Crippen LogP contribution in [0.25, 0.3) is 0 Å². The second kappa shape index (κ2) is 7.06. The van der Waals surface area contributed by atoms with Gasteiger partial charge >= 0.3 is 6.09 Å². The van der Waals surface area contributed by atoms with Crippen LogP contribution in [-0.4, -0.2) is 47.5 Å². The lowest BCUT2D eigenvalue weighted by atomic mass is 9.73. The highest BCUT2D eigenvalue weighted by molar-refractivity contribution is 5.84. The van der Waals surface area contributed by atoms with E-state index < -0.39 is 5.41 Å². The van der Waals surface area contributed by atoms with Gasteiger partial charge in [-0.1, -0.05) is 24.3 Å². The second-order valence-electron chi connectivity index (χ2n) is 7.46. The molecule has 2 amide bonds. The van der Waals surface area contributed by atoms with E-state index in [4.69, 9.17) is 4.74 Å². The van der Waals surface area contributed by atoms with Crippen molar-refractivity contribution in [3.05, 3.63) is 35.4 Å². The Kier molecular flexibility index (Phi) is 5.02. The molecule has 5 nitrogen and oxygen atoms in total. The van der Waals surface area contributed by atoms with Crippen LogP contribution in [0.4, 0.5) is 4.79 Å². The number of fused-ring (bicyclic) bond motifs is 1. The SMILES string of the molecule is CCN1Cc2ccccc2CC2(CCN(C(=O)OC(C)C)CC2)C1=O. The zero-order valence-electron chi connectivity index (χ0n) is 15.5. The molecule has 136 valence electrons. The first-order chi connectivity index (χ1) is 11.9. The van der Waals surface area contributed by atoms with Crippen molar-refractivity contribution in [1.29, 1.82) is 0 Å². The third-order valence-corrected chi connectivity index (χ3v) is 5.45. The lowest BCUT2D eigenvalue weighted by Gasteiger charge is -2.41. The van der Waals surface area contributed by atoms with Crippen LogP contribution >= 0.6 is 0 Å². The van der Waals surface area contributed by atoms with Crippen LogP contribution in [0.1, 0.15) is 44.7 Å². The molecule has 0 radical (unpaired) electrons. The molecule has 0 saturated carbocycles. The van der Waals surface area contributed by atoms with E-state index in [0.29, 0.717) is 39.0 Å². The van der Waals surface area contributed by atoms with Crippen LogP contribution in [-0.2, 0) is 22.5 Å². The van der Waals surface area contributed by atoms with Gasteiger partial charge in [-0.05, 0) is 51.2 Å². The largest absolute Gasteiger partial charge is 0.447 e. The number of rotatable bonds is 2. The van der Waals surface area contributed by atoms with E-state index >= 15 is 0 Å². The number of hydrogen-bond donors (Lipinski definition) is 0. The number of ether oxygens (including phenoxy) is 1. The summed E-state index contributed by atoms with van der Waals surface area (Å²) in [4.78, 5) is 29.1. The summed E-state index contributed by atoms with van der Waals surface area (Å²) in [5.41, 5.74) is 2.12. The monoisotopic (exact) mass is 344 g/mol. The quantitative estimate of drug-likeness (QED) is 0.828. The van der Waals surface area contributed by atoms with E-state index in [2.05, 4.69) is 12.1 Å². The second-order valence-corrected chi connectivity index (χ2v) is 7.46. The molecule has 0 unspecified atom stereocenters. The first-order valence-corrected chi connectivity index (χ1v) is 9.27. The normalized spacial score (nSPS) is 19.8. The van der Waals surface area contributed by atoms with Crippen molar-refractivity contribution in [3.8, 4) is 0 Å². The number of likely N-dealkylation sites (tertiary alicyclic amines) is 1. The number of piperidine rings is 1. The van der Waals surface area contributed by atoms with Gasteiger partial charge in [0.05, 0.1) is 11.5 Å². The molecule has 1 saturated heterocycles. The molecule has 2 aliphatic heterocycles. The van der Waals surface area contributed by atoms with Crippen LogP contribution < -0.4 is 0 Å². The Bertz CT molecular complexity index is 648. The molecule has 0 aromatic heterocycles. The van der Waals surface area contributed by atoms with Gasteiger partial charge in [-0.3, -0.25) is 4.79 Å². The summed E-state index contributed by atoms with van der Waals surface area (Å²) in [6.45, 7) is 8.31. The van der Waals surface area contributed by atoms with Gasteiger partial charge in [0.2, 0.25) is 5.91 Å². The summed E-state index contributed by atoms with van der Waals surface area (Å²) < 4.78 is 5.31. The van der Waals surface area contributed by atoms with Gasteiger partial charge in [0.15, 0.2) is 0 Å². The standard InChI is InChI=1S/C20H28N2O3/c1-4-21-14-17-8-6-5-7-16(17)13-20(18(21)23)9-11-22(12-10-20)19(24)25-15(2)3/h5-8,15H,4,9-14H2,1-3H3. The average Bonchev–Trinajstić information content (AvgIpc) is 2.70. The minimum Gasteiger partial charge on any atom is -0.447 e. The Hall–Kier alpha value is -2.04. The van der Waals surface area contributed by atoms with Crippen LogP contribution in [0.15, 0.2) is 24.3 Å². The van der Waals surface area contributed by atoms with E-state index in [-0.39, 0.29) is 18.1 Å². The van der Waals surface area contributed by atoms with Gasteiger partial charge in [-0.15, -0.1) is 0 Å². The molecule has 1 aromatic carbocycles. The molecule has 25 heavy (non-hydrogen) atoms. The van der Waals surface area contributed by atoms with Gasteiger partial charge in [0.1, 0.15) is 0 Å². The third-order valence-electron chi connectivity index (χ3n) is 5.45. The number of hydrogen-bond acceptors (Lipinski definition) is 3. The van der Waals surface area contributed by atoms with E-state index in [1.54, 1.807) is 4.90 Å². The fourth-order valence-corrected chi connectivity index (χ4v) is 3.98. The minimum absolute atomic E-state index is 0.120. The average molecular weight is 344 g/mol. The van der Waals surface area contributed by atoms with Crippen LogP contribution in [0.5, 0.6) is 0 Å². The predicted octanol–water partition coefficient (Wildman–Crippen LogP) is 3.22. The lowest BCUT2D eigenvalue weighted by Crippen LogP contribution is -2.51. The summed E-state index contributed by atoms with van der Waals surface area (Å²) in [6.07, 6.45) is 1.78. The highest BCUT2D eigenvalue weighted by Crippen LogP contribution is 2.40. The van der Waals surface area contributed by atoms with Crippen molar-refractivity contribution in [3.63, 3.8) is 0 Å². The van der Waals surface area contributed by atoms with Gasteiger partial charge in [-0.25, -0.2) is 4.79 Å². The van der Waals surface area contributed by atoms with Gasteiger partial charge in [0, 0.05) is 26.2 Å². The van der Waals surface area contributed by atoms with Gasteiger partial charge in [0.25, 0.3) is 0 Å². The van der Waals surface area contributed by atoms with Crippen LogP contribution in [0.2, 0.25) is 0 Å². The van der Waals surface area contributed by atoms with Crippen molar-refractivity contribution >= 4 is 12.0 Å². The lowest BCUT2D eigenvalue weighted by molar-refractivity contribution is -0.145. The van der Waals surface area contributed by atoms with Crippen molar-refractivity contribution in [2.24, 2.45) is 5.41 Å². The number of carbonyl (C=O) groups excluding carboxylic acids is 2. The topological polar surface area (TPSA) is 49.9 Å². The Morgan fingerprint density at radius 1 is 1.20 bits per heavy atom. The van der Waals surface area contributed by atoms with E-state index in [9.17, 15) is 9.59 Å². The maximum Gasteiger partial charge on any atom is 0.410 e. The summed E-state index contributed by atoms with van der Waals surface area (Å²) >= 11 is 0. The molecule has 0 bridgehead atoms. The summed E-state index contributed by atoms with van der Waals surface area (Å²) in [5.74, 6) is 0.239. The summed E-state index contributed by atoms with van der Waals surface area (Å²) in [6, 6.07) is 8.36. The Morgan fingerprint density at radius 2 is 1.84 bits per heavy atom. The van der Waals surface area contributed by atoms with Crippen molar-refractivity contribution in [2.45, 2.75) is 52.7 Å². The van der Waals surface area contributed by atoms with Crippen molar-refractivity contribution in [1.82, 2.24) is 9.80 Å².